The van der Waals surface area contributed by atoms with E-state index in [1.54, 1.807) is 17.8 Å². The second-order valence-electron chi connectivity index (χ2n) is 6.75. The standard InChI is InChI=1S/C17H16FN7O/c1-10-13(18)2-3-14(20-10)17(26)25-11-6-12(25)8-23(7-11)16-5-4-15-21-19-9-24(15)22-16/h2-5,9,11-12H,6-8H2,1H3. The number of aryl methyl sites for hydroxylation is 1. The fourth-order valence-electron chi connectivity index (χ4n) is 3.81. The van der Waals surface area contributed by atoms with Gasteiger partial charge in [-0.05, 0) is 37.6 Å². The van der Waals surface area contributed by atoms with Gasteiger partial charge in [0, 0.05) is 13.1 Å². The number of halogens is 1. The predicted molar refractivity (Wildman–Crippen MR) is 90.3 cm³/mol. The number of carbonyl (C=O) groups excluding carboxylic acids is 1. The highest BCUT2D eigenvalue weighted by atomic mass is 19.1. The Morgan fingerprint density at radius 3 is 2.77 bits per heavy atom. The maximum Gasteiger partial charge on any atom is 0.273 e. The molecule has 1 amide bonds. The maximum atomic E-state index is 13.4. The summed E-state index contributed by atoms with van der Waals surface area (Å²) in [5.41, 5.74) is 1.25. The van der Waals surface area contributed by atoms with Crippen LogP contribution in [0.25, 0.3) is 5.65 Å². The van der Waals surface area contributed by atoms with Crippen LogP contribution in [0.1, 0.15) is 22.6 Å². The molecule has 3 aromatic heterocycles. The molecule has 0 aromatic carbocycles. The van der Waals surface area contributed by atoms with Crippen LogP contribution in [0.15, 0.2) is 30.6 Å². The van der Waals surface area contributed by atoms with Crippen molar-refractivity contribution in [2.75, 3.05) is 18.0 Å². The fraction of sp³-hybridized carbons (Fsp3) is 0.353. The van der Waals surface area contributed by atoms with Gasteiger partial charge in [0.15, 0.2) is 5.65 Å². The summed E-state index contributed by atoms with van der Waals surface area (Å²) in [6.45, 7) is 2.99. The highest BCUT2D eigenvalue weighted by Gasteiger charge is 2.48. The Balaban J connectivity index is 1.35. The molecule has 0 radical (unpaired) electrons. The molecule has 8 nitrogen and oxygen atoms in total. The monoisotopic (exact) mass is 353 g/mol. The molecule has 2 atom stereocenters. The molecule has 3 saturated heterocycles. The second kappa shape index (κ2) is 5.45. The lowest BCUT2D eigenvalue weighted by molar-refractivity contribution is 0.00518. The van der Waals surface area contributed by atoms with Crippen molar-refractivity contribution in [3.05, 3.63) is 47.8 Å². The van der Waals surface area contributed by atoms with Crippen molar-refractivity contribution < 1.29 is 9.18 Å². The molecule has 6 heterocycles. The van der Waals surface area contributed by atoms with Crippen molar-refractivity contribution in [2.45, 2.75) is 25.4 Å². The fourth-order valence-corrected chi connectivity index (χ4v) is 3.81. The van der Waals surface area contributed by atoms with Gasteiger partial charge < -0.3 is 9.80 Å². The summed E-state index contributed by atoms with van der Waals surface area (Å²) in [4.78, 5) is 20.9. The molecule has 0 spiro atoms. The topological polar surface area (TPSA) is 79.5 Å². The average molecular weight is 353 g/mol. The van der Waals surface area contributed by atoms with Crippen molar-refractivity contribution in [3.8, 4) is 0 Å². The lowest BCUT2D eigenvalue weighted by atomic mass is 9.87. The van der Waals surface area contributed by atoms with Crippen molar-refractivity contribution in [2.24, 2.45) is 0 Å². The number of amides is 1. The van der Waals surface area contributed by atoms with E-state index in [2.05, 4.69) is 25.2 Å². The molecule has 0 N–H and O–H groups in total. The van der Waals surface area contributed by atoms with Gasteiger partial charge in [0.2, 0.25) is 0 Å². The molecular formula is C17H16FN7O. The summed E-state index contributed by atoms with van der Waals surface area (Å²) >= 11 is 0. The zero-order valence-electron chi connectivity index (χ0n) is 14.1. The normalized spacial score (nSPS) is 21.8. The number of nitrogens with zero attached hydrogens (tertiary/aromatic N) is 7. The van der Waals surface area contributed by atoms with E-state index < -0.39 is 5.82 Å². The number of carbonyl (C=O) groups is 1. The van der Waals surface area contributed by atoms with E-state index in [1.807, 2.05) is 17.0 Å². The first-order chi connectivity index (χ1) is 12.6. The third-order valence-electron chi connectivity index (χ3n) is 5.14. The zero-order valence-corrected chi connectivity index (χ0v) is 14.1. The molecule has 3 aromatic rings. The van der Waals surface area contributed by atoms with Gasteiger partial charge in [0.05, 0.1) is 17.8 Å². The smallest absolute Gasteiger partial charge is 0.273 e. The quantitative estimate of drug-likeness (QED) is 0.686. The number of pyridine rings is 1. The van der Waals surface area contributed by atoms with Crippen LogP contribution in [0.4, 0.5) is 10.2 Å². The van der Waals surface area contributed by atoms with E-state index in [9.17, 15) is 9.18 Å². The first kappa shape index (κ1) is 15.2. The van der Waals surface area contributed by atoms with Crippen LogP contribution in [0.2, 0.25) is 0 Å². The molecule has 3 aliphatic rings. The van der Waals surface area contributed by atoms with Gasteiger partial charge in [-0.25, -0.2) is 9.37 Å². The number of hydrogen-bond acceptors (Lipinski definition) is 6. The number of anilines is 1. The molecule has 3 fully saturated rings. The lowest BCUT2D eigenvalue weighted by Crippen LogP contribution is -2.70. The largest absolute Gasteiger partial charge is 0.351 e. The predicted octanol–water partition coefficient (Wildman–Crippen LogP) is 1.07. The maximum absolute atomic E-state index is 13.4. The molecule has 0 aliphatic carbocycles. The summed E-state index contributed by atoms with van der Waals surface area (Å²) in [5.74, 6) is 0.318. The van der Waals surface area contributed by atoms with E-state index in [1.165, 1.54) is 12.1 Å². The van der Waals surface area contributed by atoms with Gasteiger partial charge in [0.25, 0.3) is 5.91 Å². The molecule has 2 unspecified atom stereocenters. The van der Waals surface area contributed by atoms with Gasteiger partial charge in [-0.1, -0.05) is 0 Å². The number of rotatable bonds is 2. The summed E-state index contributed by atoms with van der Waals surface area (Å²) in [7, 11) is 0. The van der Waals surface area contributed by atoms with Crippen LogP contribution in [0.3, 0.4) is 0 Å². The lowest BCUT2D eigenvalue weighted by Gasteiger charge is -2.56. The van der Waals surface area contributed by atoms with Crippen LogP contribution >= 0.6 is 0 Å². The Morgan fingerprint density at radius 1 is 1.19 bits per heavy atom. The van der Waals surface area contributed by atoms with Crippen molar-refractivity contribution in [3.63, 3.8) is 0 Å². The molecular weight excluding hydrogens is 337 g/mol. The third kappa shape index (κ3) is 2.23. The highest BCUT2D eigenvalue weighted by molar-refractivity contribution is 5.93. The molecule has 2 bridgehead atoms. The molecule has 3 aliphatic heterocycles. The summed E-state index contributed by atoms with van der Waals surface area (Å²) < 4.78 is 15.0. The van der Waals surface area contributed by atoms with E-state index >= 15 is 0 Å². The Labute approximate surface area is 148 Å². The number of piperidine rings is 1. The second-order valence-corrected chi connectivity index (χ2v) is 6.75. The van der Waals surface area contributed by atoms with E-state index in [0.29, 0.717) is 24.4 Å². The van der Waals surface area contributed by atoms with Gasteiger partial charge in [-0.3, -0.25) is 4.79 Å². The molecule has 6 rings (SSSR count). The highest BCUT2D eigenvalue weighted by Crippen LogP contribution is 2.35. The number of piperazine rings is 1. The Kier molecular flexibility index (Phi) is 3.18. The zero-order chi connectivity index (χ0) is 17.8. The number of fused-ring (bicyclic) bond motifs is 3. The Morgan fingerprint density at radius 2 is 2.00 bits per heavy atom. The van der Waals surface area contributed by atoms with E-state index in [4.69, 9.17) is 0 Å². The first-order valence-electron chi connectivity index (χ1n) is 8.48. The average Bonchev–Trinajstić information content (AvgIpc) is 3.11. The van der Waals surface area contributed by atoms with Gasteiger partial charge >= 0.3 is 0 Å². The third-order valence-corrected chi connectivity index (χ3v) is 5.14. The van der Waals surface area contributed by atoms with E-state index in [-0.39, 0.29) is 23.7 Å². The van der Waals surface area contributed by atoms with Gasteiger partial charge in [-0.2, -0.15) is 4.52 Å². The molecule has 132 valence electrons. The summed E-state index contributed by atoms with van der Waals surface area (Å²) in [6, 6.07) is 6.79. The van der Waals surface area contributed by atoms with Crippen molar-refractivity contribution in [1.82, 2.24) is 29.7 Å². The van der Waals surface area contributed by atoms with Crippen LogP contribution in [0.5, 0.6) is 0 Å². The van der Waals surface area contributed by atoms with Crippen molar-refractivity contribution >= 4 is 17.4 Å². The minimum absolute atomic E-state index is 0.117. The number of aromatic nitrogens is 5. The van der Waals surface area contributed by atoms with Crippen molar-refractivity contribution in [1.29, 1.82) is 0 Å². The summed E-state index contributed by atoms with van der Waals surface area (Å²) in [6.07, 6.45) is 2.54. The van der Waals surface area contributed by atoms with Gasteiger partial charge in [0.1, 0.15) is 23.7 Å². The van der Waals surface area contributed by atoms with Gasteiger partial charge in [-0.15, -0.1) is 15.3 Å². The summed E-state index contributed by atoms with van der Waals surface area (Å²) in [5, 5.41) is 12.3. The van der Waals surface area contributed by atoms with Crippen LogP contribution < -0.4 is 4.90 Å². The van der Waals surface area contributed by atoms with Crippen LogP contribution in [-0.4, -0.2) is 60.8 Å². The van der Waals surface area contributed by atoms with E-state index in [0.717, 1.165) is 12.2 Å². The minimum atomic E-state index is -0.396. The first-order valence-corrected chi connectivity index (χ1v) is 8.48. The SMILES string of the molecule is Cc1nc(C(=O)N2C3CC2CN(c2ccc4nncn4n2)C3)ccc1F. The van der Waals surface area contributed by atoms with Crippen LogP contribution in [0, 0.1) is 12.7 Å². The molecule has 0 saturated carbocycles. The molecule has 9 heteroatoms. The molecule has 26 heavy (non-hydrogen) atoms. The van der Waals surface area contributed by atoms with Crippen LogP contribution in [-0.2, 0) is 0 Å². The number of hydrogen-bond donors (Lipinski definition) is 0. The Hall–Kier alpha value is -3.10. The minimum Gasteiger partial charge on any atom is -0.351 e. The Bertz CT molecular complexity index is 1010.